The van der Waals surface area contributed by atoms with Gasteiger partial charge in [-0.25, -0.2) is 4.79 Å². The number of anilines is 1. The SMILES string of the molecule is CC(C)(C)OC(=O)NCC(=O)NCc1cccc(NC(=O)C(F)(F)F)c1. The first-order chi connectivity index (χ1) is 11.9. The average molecular weight is 375 g/mol. The van der Waals surface area contributed by atoms with Gasteiger partial charge in [0.1, 0.15) is 12.1 Å². The molecule has 1 rings (SSSR count). The smallest absolute Gasteiger partial charge is 0.444 e. The molecule has 7 nitrogen and oxygen atoms in total. The summed E-state index contributed by atoms with van der Waals surface area (Å²) in [7, 11) is 0. The number of carbonyl (C=O) groups excluding carboxylic acids is 3. The minimum atomic E-state index is -4.99. The number of alkyl halides is 3. The van der Waals surface area contributed by atoms with Crippen LogP contribution in [0.3, 0.4) is 0 Å². The van der Waals surface area contributed by atoms with E-state index in [1.54, 1.807) is 32.2 Å². The molecule has 0 atom stereocenters. The summed E-state index contributed by atoms with van der Waals surface area (Å²) >= 11 is 0. The van der Waals surface area contributed by atoms with E-state index in [0.717, 1.165) is 0 Å². The quantitative estimate of drug-likeness (QED) is 0.736. The molecule has 0 aliphatic carbocycles. The van der Waals surface area contributed by atoms with Crippen LogP contribution < -0.4 is 16.0 Å². The van der Waals surface area contributed by atoms with Crippen LogP contribution in [-0.4, -0.2) is 36.2 Å². The van der Waals surface area contributed by atoms with Crippen molar-refractivity contribution >= 4 is 23.6 Å². The summed E-state index contributed by atoms with van der Waals surface area (Å²) in [6, 6.07) is 5.58. The van der Waals surface area contributed by atoms with Crippen LogP contribution >= 0.6 is 0 Å². The van der Waals surface area contributed by atoms with E-state index in [-0.39, 0.29) is 18.8 Å². The Morgan fingerprint density at radius 1 is 1.08 bits per heavy atom. The molecule has 0 unspecified atom stereocenters. The van der Waals surface area contributed by atoms with E-state index in [1.807, 2.05) is 0 Å². The summed E-state index contributed by atoms with van der Waals surface area (Å²) in [5, 5.41) is 6.48. The largest absolute Gasteiger partial charge is 0.471 e. The van der Waals surface area contributed by atoms with Crippen molar-refractivity contribution in [1.82, 2.24) is 10.6 Å². The monoisotopic (exact) mass is 375 g/mol. The highest BCUT2D eigenvalue weighted by Crippen LogP contribution is 2.18. The van der Waals surface area contributed by atoms with Crippen LogP contribution in [0.2, 0.25) is 0 Å². The molecule has 26 heavy (non-hydrogen) atoms. The lowest BCUT2D eigenvalue weighted by molar-refractivity contribution is -0.167. The standard InChI is InChI=1S/C16H20F3N3O4/c1-15(2,3)26-14(25)21-9-12(23)20-8-10-5-4-6-11(7-10)22-13(24)16(17,18)19/h4-7H,8-9H2,1-3H3,(H,20,23)(H,21,25)(H,22,24). The molecule has 3 N–H and O–H groups in total. The minimum absolute atomic E-state index is 0.00452. The normalized spacial score (nSPS) is 11.5. The van der Waals surface area contributed by atoms with Gasteiger partial charge in [-0.3, -0.25) is 9.59 Å². The molecule has 0 aliphatic rings. The molecular formula is C16H20F3N3O4. The van der Waals surface area contributed by atoms with Gasteiger partial charge in [0, 0.05) is 12.2 Å². The maximum Gasteiger partial charge on any atom is 0.471 e. The number of rotatable bonds is 5. The van der Waals surface area contributed by atoms with E-state index >= 15 is 0 Å². The van der Waals surface area contributed by atoms with Crippen molar-refractivity contribution in [3.63, 3.8) is 0 Å². The Kier molecular flexibility index (Phi) is 6.99. The molecule has 0 saturated carbocycles. The Morgan fingerprint density at radius 3 is 2.31 bits per heavy atom. The summed E-state index contributed by atoms with van der Waals surface area (Å²) in [5.41, 5.74) is -0.275. The van der Waals surface area contributed by atoms with Crippen LogP contribution in [0.15, 0.2) is 24.3 Å². The molecule has 10 heteroatoms. The van der Waals surface area contributed by atoms with Gasteiger partial charge in [-0.05, 0) is 38.5 Å². The molecule has 1 aromatic carbocycles. The first-order valence-electron chi connectivity index (χ1n) is 7.57. The van der Waals surface area contributed by atoms with Gasteiger partial charge in [-0.15, -0.1) is 0 Å². The zero-order valence-electron chi connectivity index (χ0n) is 14.5. The third-order valence-electron chi connectivity index (χ3n) is 2.72. The number of nitrogens with one attached hydrogen (secondary N) is 3. The van der Waals surface area contributed by atoms with Crippen molar-refractivity contribution in [2.45, 2.75) is 39.1 Å². The van der Waals surface area contributed by atoms with Crippen molar-refractivity contribution < 1.29 is 32.3 Å². The van der Waals surface area contributed by atoms with Crippen LogP contribution in [0.5, 0.6) is 0 Å². The van der Waals surface area contributed by atoms with Crippen molar-refractivity contribution in [3.8, 4) is 0 Å². The Hall–Kier alpha value is -2.78. The summed E-state index contributed by atoms with van der Waals surface area (Å²) < 4.78 is 41.7. The van der Waals surface area contributed by atoms with E-state index in [4.69, 9.17) is 4.74 Å². The van der Waals surface area contributed by atoms with Gasteiger partial charge in [0.25, 0.3) is 0 Å². The molecule has 0 radical (unpaired) electrons. The maximum absolute atomic E-state index is 12.2. The summed E-state index contributed by atoms with van der Waals surface area (Å²) in [6.07, 6.45) is -5.73. The predicted octanol–water partition coefficient (Wildman–Crippen LogP) is 2.33. The van der Waals surface area contributed by atoms with Crippen molar-refractivity contribution in [3.05, 3.63) is 29.8 Å². The summed E-state index contributed by atoms with van der Waals surface area (Å²) in [4.78, 5) is 34.0. The molecule has 144 valence electrons. The first kappa shape index (κ1) is 21.3. The van der Waals surface area contributed by atoms with E-state index in [0.29, 0.717) is 5.56 Å². The highest BCUT2D eigenvalue weighted by atomic mass is 19.4. The number of halogens is 3. The van der Waals surface area contributed by atoms with Gasteiger partial charge in [0.05, 0.1) is 0 Å². The number of hydrogen-bond acceptors (Lipinski definition) is 4. The molecular weight excluding hydrogens is 355 g/mol. The van der Waals surface area contributed by atoms with Gasteiger partial charge in [0.2, 0.25) is 5.91 Å². The Balaban J connectivity index is 2.47. The van der Waals surface area contributed by atoms with E-state index < -0.39 is 29.7 Å². The second-order valence-corrected chi connectivity index (χ2v) is 6.28. The van der Waals surface area contributed by atoms with Crippen LogP contribution in [0.1, 0.15) is 26.3 Å². The number of hydrogen-bond donors (Lipinski definition) is 3. The third kappa shape index (κ3) is 8.36. The summed E-state index contributed by atoms with van der Waals surface area (Å²) in [6.45, 7) is 4.72. The van der Waals surface area contributed by atoms with Gasteiger partial charge in [-0.2, -0.15) is 13.2 Å². The Bertz CT molecular complexity index is 669. The van der Waals surface area contributed by atoms with E-state index in [1.165, 1.54) is 18.2 Å². The topological polar surface area (TPSA) is 96.5 Å². The minimum Gasteiger partial charge on any atom is -0.444 e. The number of alkyl carbamates (subject to hydrolysis) is 1. The molecule has 0 saturated heterocycles. The molecule has 0 aromatic heterocycles. The Morgan fingerprint density at radius 2 is 1.73 bits per heavy atom. The molecule has 0 bridgehead atoms. The Labute approximate surface area is 148 Å². The molecule has 0 aliphatic heterocycles. The van der Waals surface area contributed by atoms with Crippen LogP contribution in [0.4, 0.5) is 23.7 Å². The van der Waals surface area contributed by atoms with Crippen molar-refractivity contribution in [2.75, 3.05) is 11.9 Å². The molecule has 1 aromatic rings. The molecule has 0 spiro atoms. The highest BCUT2D eigenvalue weighted by molar-refractivity contribution is 5.94. The fraction of sp³-hybridized carbons (Fsp3) is 0.438. The van der Waals surface area contributed by atoms with Crippen LogP contribution in [0, 0.1) is 0 Å². The van der Waals surface area contributed by atoms with Gasteiger partial charge in [-0.1, -0.05) is 12.1 Å². The zero-order valence-corrected chi connectivity index (χ0v) is 14.5. The summed E-state index contributed by atoms with van der Waals surface area (Å²) in [5.74, 6) is -2.60. The van der Waals surface area contributed by atoms with Gasteiger partial charge in [0.15, 0.2) is 0 Å². The first-order valence-corrected chi connectivity index (χ1v) is 7.57. The number of carbonyl (C=O) groups is 3. The molecule has 0 fully saturated rings. The van der Waals surface area contributed by atoms with Gasteiger partial charge < -0.3 is 20.7 Å². The number of benzene rings is 1. The van der Waals surface area contributed by atoms with E-state index in [2.05, 4.69) is 10.6 Å². The fourth-order valence-corrected chi connectivity index (χ4v) is 1.69. The lowest BCUT2D eigenvalue weighted by atomic mass is 10.2. The predicted molar refractivity (Wildman–Crippen MR) is 87.2 cm³/mol. The maximum atomic E-state index is 12.2. The number of amides is 3. The second-order valence-electron chi connectivity index (χ2n) is 6.28. The third-order valence-corrected chi connectivity index (χ3v) is 2.72. The fourth-order valence-electron chi connectivity index (χ4n) is 1.69. The lowest BCUT2D eigenvalue weighted by Crippen LogP contribution is -2.39. The van der Waals surface area contributed by atoms with Crippen LogP contribution in [-0.2, 0) is 20.9 Å². The van der Waals surface area contributed by atoms with Crippen LogP contribution in [0.25, 0.3) is 0 Å². The highest BCUT2D eigenvalue weighted by Gasteiger charge is 2.38. The average Bonchev–Trinajstić information content (AvgIpc) is 2.48. The zero-order chi connectivity index (χ0) is 20.0. The van der Waals surface area contributed by atoms with Crippen molar-refractivity contribution in [1.29, 1.82) is 0 Å². The second kappa shape index (κ2) is 8.54. The molecule has 3 amide bonds. The van der Waals surface area contributed by atoms with Gasteiger partial charge >= 0.3 is 18.2 Å². The van der Waals surface area contributed by atoms with Crippen molar-refractivity contribution in [2.24, 2.45) is 0 Å². The molecule has 0 heterocycles. The van der Waals surface area contributed by atoms with E-state index in [9.17, 15) is 27.6 Å². The number of ether oxygens (including phenoxy) is 1. The lowest BCUT2D eigenvalue weighted by Gasteiger charge is -2.19.